The van der Waals surface area contributed by atoms with Crippen molar-refractivity contribution in [1.29, 1.82) is 0 Å². The average Bonchev–Trinajstić information content (AvgIpc) is 2.86. The van der Waals surface area contributed by atoms with Gasteiger partial charge in [0, 0.05) is 51.0 Å². The van der Waals surface area contributed by atoms with Crippen molar-refractivity contribution in [1.82, 2.24) is 18.9 Å². The van der Waals surface area contributed by atoms with Gasteiger partial charge in [-0.15, -0.1) is 0 Å². The summed E-state index contributed by atoms with van der Waals surface area (Å²) in [6.45, 7) is 5.47. The Balaban J connectivity index is 1.68. The lowest BCUT2D eigenvalue weighted by molar-refractivity contribution is 0.341. The van der Waals surface area contributed by atoms with Crippen LogP contribution in [0.3, 0.4) is 0 Å². The van der Waals surface area contributed by atoms with Gasteiger partial charge in [0.15, 0.2) is 0 Å². The Labute approximate surface area is 151 Å². The molecule has 2 fully saturated rings. The van der Waals surface area contributed by atoms with E-state index in [9.17, 15) is 8.42 Å². The minimum Gasteiger partial charge on any atom is -0.355 e. The highest BCUT2D eigenvalue weighted by molar-refractivity contribution is 7.87. The van der Waals surface area contributed by atoms with Crippen LogP contribution in [-0.2, 0) is 16.8 Å². The molecular weight excluding hydrogens is 338 g/mol. The van der Waals surface area contributed by atoms with Crippen molar-refractivity contribution < 1.29 is 8.42 Å². The Kier molecular flexibility index (Phi) is 6.27. The van der Waals surface area contributed by atoms with Gasteiger partial charge in [0.25, 0.3) is 10.2 Å². The first kappa shape index (κ1) is 18.6. The lowest BCUT2D eigenvalue weighted by Crippen LogP contribution is -2.43. The van der Waals surface area contributed by atoms with E-state index in [1.165, 1.54) is 0 Å². The predicted molar refractivity (Wildman–Crippen MR) is 99.7 cm³/mol. The number of rotatable bonds is 5. The normalized spacial score (nSPS) is 21.2. The van der Waals surface area contributed by atoms with E-state index in [-0.39, 0.29) is 6.54 Å². The van der Waals surface area contributed by atoms with Crippen molar-refractivity contribution in [3.05, 3.63) is 23.9 Å². The molecule has 1 aromatic heterocycles. The molecule has 2 aliphatic heterocycles. The van der Waals surface area contributed by atoms with Crippen LogP contribution >= 0.6 is 0 Å². The van der Waals surface area contributed by atoms with Gasteiger partial charge in [-0.05, 0) is 38.9 Å². The highest BCUT2D eigenvalue weighted by Crippen LogP contribution is 2.20. The lowest BCUT2D eigenvalue weighted by Gasteiger charge is -2.27. The molecule has 0 bridgehead atoms. The number of likely N-dealkylation sites (N-methyl/N-ethyl adjacent to an activating group) is 1. The first-order chi connectivity index (χ1) is 12.1. The smallest absolute Gasteiger partial charge is 0.279 e. The molecule has 0 aliphatic carbocycles. The molecule has 3 heterocycles. The van der Waals surface area contributed by atoms with Gasteiger partial charge in [0.2, 0.25) is 0 Å². The highest BCUT2D eigenvalue weighted by Gasteiger charge is 2.24. The average molecular weight is 368 g/mol. The number of pyridine rings is 1. The van der Waals surface area contributed by atoms with Crippen molar-refractivity contribution >= 4 is 16.0 Å². The van der Waals surface area contributed by atoms with Gasteiger partial charge in [-0.1, -0.05) is 12.5 Å². The first-order valence-corrected chi connectivity index (χ1v) is 10.6. The SMILES string of the molecule is CN1CCCN(c2ncccc2CNS(=O)(=O)N2CCCCC2)CC1. The van der Waals surface area contributed by atoms with E-state index >= 15 is 0 Å². The zero-order valence-electron chi connectivity index (χ0n) is 15.0. The fourth-order valence-electron chi connectivity index (χ4n) is 3.48. The van der Waals surface area contributed by atoms with Crippen LogP contribution in [0.2, 0.25) is 0 Å². The van der Waals surface area contributed by atoms with Crippen LogP contribution in [-0.4, -0.2) is 68.9 Å². The third kappa shape index (κ3) is 4.91. The Bertz CT molecular complexity index is 661. The molecule has 0 radical (unpaired) electrons. The number of nitrogens with one attached hydrogen (secondary N) is 1. The maximum absolute atomic E-state index is 12.5. The van der Waals surface area contributed by atoms with E-state index in [4.69, 9.17) is 0 Å². The Morgan fingerprint density at radius 1 is 1.04 bits per heavy atom. The summed E-state index contributed by atoms with van der Waals surface area (Å²) in [5, 5.41) is 0. The van der Waals surface area contributed by atoms with Crippen molar-refractivity contribution in [2.24, 2.45) is 0 Å². The Morgan fingerprint density at radius 2 is 1.84 bits per heavy atom. The molecule has 0 spiro atoms. The van der Waals surface area contributed by atoms with Crippen molar-refractivity contribution in [3.8, 4) is 0 Å². The molecular formula is C17H29N5O2S. The summed E-state index contributed by atoms with van der Waals surface area (Å²) in [4.78, 5) is 9.13. The topological polar surface area (TPSA) is 68.8 Å². The molecule has 7 nitrogen and oxygen atoms in total. The number of piperidine rings is 1. The molecule has 2 saturated heterocycles. The molecule has 2 aliphatic rings. The monoisotopic (exact) mass is 367 g/mol. The quantitative estimate of drug-likeness (QED) is 0.842. The second-order valence-corrected chi connectivity index (χ2v) is 8.67. The fraction of sp³-hybridized carbons (Fsp3) is 0.706. The number of hydrogen-bond donors (Lipinski definition) is 1. The molecule has 1 aromatic rings. The molecule has 25 heavy (non-hydrogen) atoms. The summed E-state index contributed by atoms with van der Waals surface area (Å²) in [6, 6.07) is 3.84. The van der Waals surface area contributed by atoms with Gasteiger partial charge in [-0.3, -0.25) is 0 Å². The number of anilines is 1. The van der Waals surface area contributed by atoms with Crippen LogP contribution in [0.1, 0.15) is 31.2 Å². The third-order valence-electron chi connectivity index (χ3n) is 4.99. The van der Waals surface area contributed by atoms with E-state index in [0.717, 1.165) is 63.2 Å². The van der Waals surface area contributed by atoms with Gasteiger partial charge in [-0.2, -0.15) is 17.4 Å². The lowest BCUT2D eigenvalue weighted by atomic mass is 10.2. The van der Waals surface area contributed by atoms with E-state index in [1.54, 1.807) is 10.5 Å². The van der Waals surface area contributed by atoms with Crippen molar-refractivity contribution in [3.63, 3.8) is 0 Å². The molecule has 0 saturated carbocycles. The van der Waals surface area contributed by atoms with E-state index < -0.39 is 10.2 Å². The molecule has 1 N–H and O–H groups in total. The van der Waals surface area contributed by atoms with Crippen LogP contribution in [0.4, 0.5) is 5.82 Å². The van der Waals surface area contributed by atoms with Crippen LogP contribution < -0.4 is 9.62 Å². The van der Waals surface area contributed by atoms with Gasteiger partial charge in [-0.25, -0.2) is 4.98 Å². The zero-order chi connectivity index (χ0) is 17.7. The Morgan fingerprint density at radius 3 is 2.64 bits per heavy atom. The first-order valence-electron chi connectivity index (χ1n) is 9.18. The van der Waals surface area contributed by atoms with Gasteiger partial charge in [0.1, 0.15) is 5.82 Å². The number of nitrogens with zero attached hydrogens (tertiary/aromatic N) is 4. The second-order valence-electron chi connectivity index (χ2n) is 6.92. The molecule has 0 amide bonds. The molecule has 8 heteroatoms. The third-order valence-corrected chi connectivity index (χ3v) is 6.54. The summed E-state index contributed by atoms with van der Waals surface area (Å²) in [7, 11) is -1.28. The molecule has 0 unspecified atom stereocenters. The van der Waals surface area contributed by atoms with Gasteiger partial charge < -0.3 is 9.80 Å². The van der Waals surface area contributed by atoms with Gasteiger partial charge in [0.05, 0.1) is 0 Å². The van der Waals surface area contributed by atoms with Gasteiger partial charge >= 0.3 is 0 Å². The number of aromatic nitrogens is 1. The molecule has 0 atom stereocenters. The van der Waals surface area contributed by atoms with Crippen molar-refractivity contribution in [2.75, 3.05) is 51.2 Å². The van der Waals surface area contributed by atoms with Crippen LogP contribution in [0.5, 0.6) is 0 Å². The molecule has 3 rings (SSSR count). The standard InChI is InChI=1S/C17H29N5O2S/c1-20-9-6-10-21(14-13-20)17-16(7-5-8-18-17)15-19-25(23,24)22-11-3-2-4-12-22/h5,7-8,19H,2-4,6,9-15H2,1H3. The fourth-order valence-corrected chi connectivity index (χ4v) is 4.74. The maximum Gasteiger partial charge on any atom is 0.279 e. The van der Waals surface area contributed by atoms with E-state index in [1.807, 2.05) is 12.1 Å². The second kappa shape index (κ2) is 8.44. The Hall–Kier alpha value is -1.22. The van der Waals surface area contributed by atoms with E-state index in [0.29, 0.717) is 13.1 Å². The zero-order valence-corrected chi connectivity index (χ0v) is 15.8. The van der Waals surface area contributed by atoms with Crippen molar-refractivity contribution in [2.45, 2.75) is 32.2 Å². The maximum atomic E-state index is 12.5. The minimum absolute atomic E-state index is 0.286. The molecule has 0 aromatic carbocycles. The predicted octanol–water partition coefficient (Wildman–Crippen LogP) is 1.04. The van der Waals surface area contributed by atoms with Crippen LogP contribution in [0.15, 0.2) is 18.3 Å². The van der Waals surface area contributed by atoms with Crippen LogP contribution in [0.25, 0.3) is 0 Å². The summed E-state index contributed by atoms with van der Waals surface area (Å²) >= 11 is 0. The van der Waals surface area contributed by atoms with Crippen LogP contribution in [0, 0.1) is 0 Å². The summed E-state index contributed by atoms with van der Waals surface area (Å²) in [6.07, 6.45) is 5.88. The summed E-state index contributed by atoms with van der Waals surface area (Å²) < 4.78 is 29.4. The summed E-state index contributed by atoms with van der Waals surface area (Å²) in [5.41, 5.74) is 0.938. The number of hydrogen-bond acceptors (Lipinski definition) is 5. The molecule has 140 valence electrons. The highest BCUT2D eigenvalue weighted by atomic mass is 32.2. The van der Waals surface area contributed by atoms with E-state index in [2.05, 4.69) is 26.6 Å². The minimum atomic E-state index is -3.42. The summed E-state index contributed by atoms with van der Waals surface area (Å²) in [5.74, 6) is 0.902. The largest absolute Gasteiger partial charge is 0.355 e.